The number of benzene rings is 2. The molecule has 1 heterocycles. The molecular formula is C19H24N2O2. The maximum Gasteiger partial charge on any atom is 0.263 e. The van der Waals surface area contributed by atoms with Gasteiger partial charge in [0, 0.05) is 26.2 Å². The van der Waals surface area contributed by atoms with Crippen LogP contribution in [0.4, 0.5) is 0 Å². The Morgan fingerprint density at radius 1 is 1.09 bits per heavy atom. The van der Waals surface area contributed by atoms with Gasteiger partial charge in [0.1, 0.15) is 5.75 Å². The molecule has 1 fully saturated rings. The fourth-order valence-corrected chi connectivity index (χ4v) is 3.04. The molecule has 23 heavy (non-hydrogen) atoms. The summed E-state index contributed by atoms with van der Waals surface area (Å²) in [5, 5.41) is 2.30. The molecule has 1 unspecified atom stereocenters. The van der Waals surface area contributed by atoms with Crippen LogP contribution in [0.5, 0.6) is 5.75 Å². The Bertz CT molecular complexity index is 678. The van der Waals surface area contributed by atoms with Crippen LogP contribution in [0.3, 0.4) is 0 Å². The minimum absolute atomic E-state index is 0.0777. The normalized spacial score (nSPS) is 17.2. The second-order valence-electron chi connectivity index (χ2n) is 6.03. The first-order valence-electron chi connectivity index (χ1n) is 8.34. The number of rotatable bonds is 4. The number of nitrogens with zero attached hydrogens (tertiary/aromatic N) is 2. The van der Waals surface area contributed by atoms with Crippen LogP contribution in [0.2, 0.25) is 0 Å². The molecule has 1 saturated heterocycles. The maximum absolute atomic E-state index is 12.5. The highest BCUT2D eigenvalue weighted by Gasteiger charge is 2.25. The molecule has 0 aliphatic carbocycles. The summed E-state index contributed by atoms with van der Waals surface area (Å²) in [6.07, 6.45) is -0.454. The quantitative estimate of drug-likeness (QED) is 0.870. The molecule has 1 atom stereocenters. The molecule has 0 aromatic heterocycles. The van der Waals surface area contributed by atoms with E-state index in [1.165, 1.54) is 5.39 Å². The molecule has 0 radical (unpaired) electrons. The predicted molar refractivity (Wildman–Crippen MR) is 92.7 cm³/mol. The summed E-state index contributed by atoms with van der Waals surface area (Å²) in [6, 6.07) is 14.1. The third-order valence-corrected chi connectivity index (χ3v) is 4.51. The van der Waals surface area contributed by atoms with E-state index in [2.05, 4.69) is 24.0 Å². The zero-order chi connectivity index (χ0) is 16.2. The summed E-state index contributed by atoms with van der Waals surface area (Å²) in [4.78, 5) is 16.8. The van der Waals surface area contributed by atoms with E-state index in [9.17, 15) is 4.79 Å². The van der Waals surface area contributed by atoms with E-state index in [1.807, 2.05) is 42.2 Å². The third-order valence-electron chi connectivity index (χ3n) is 4.51. The van der Waals surface area contributed by atoms with Crippen molar-refractivity contribution in [2.75, 3.05) is 32.7 Å². The minimum Gasteiger partial charge on any atom is -0.481 e. The highest BCUT2D eigenvalue weighted by atomic mass is 16.5. The van der Waals surface area contributed by atoms with Gasteiger partial charge in [-0.05, 0) is 36.4 Å². The molecule has 122 valence electrons. The molecule has 1 aliphatic heterocycles. The molecule has 0 spiro atoms. The van der Waals surface area contributed by atoms with Crippen molar-refractivity contribution >= 4 is 16.7 Å². The maximum atomic E-state index is 12.5. The SMILES string of the molecule is CCN1CCN(C(=O)C(C)Oc2ccc3ccccc3c2)CC1. The van der Waals surface area contributed by atoms with E-state index in [0.29, 0.717) is 0 Å². The molecule has 1 aliphatic rings. The lowest BCUT2D eigenvalue weighted by Crippen LogP contribution is -2.51. The van der Waals surface area contributed by atoms with E-state index >= 15 is 0 Å². The van der Waals surface area contributed by atoms with Crippen molar-refractivity contribution in [3.05, 3.63) is 42.5 Å². The van der Waals surface area contributed by atoms with E-state index in [-0.39, 0.29) is 5.91 Å². The first-order valence-corrected chi connectivity index (χ1v) is 8.34. The molecule has 0 saturated carbocycles. The Hall–Kier alpha value is -2.07. The van der Waals surface area contributed by atoms with Crippen LogP contribution < -0.4 is 4.74 Å². The molecule has 1 amide bonds. The van der Waals surface area contributed by atoms with Gasteiger partial charge in [0.2, 0.25) is 0 Å². The average Bonchev–Trinajstić information content (AvgIpc) is 2.61. The number of carbonyl (C=O) groups excluding carboxylic acids is 1. The van der Waals surface area contributed by atoms with Gasteiger partial charge in [0.25, 0.3) is 5.91 Å². The Labute approximate surface area is 137 Å². The van der Waals surface area contributed by atoms with Crippen LogP contribution in [-0.4, -0.2) is 54.5 Å². The lowest BCUT2D eigenvalue weighted by Gasteiger charge is -2.35. The van der Waals surface area contributed by atoms with Crippen molar-refractivity contribution in [3.63, 3.8) is 0 Å². The minimum atomic E-state index is -0.454. The first kappa shape index (κ1) is 15.8. The summed E-state index contributed by atoms with van der Waals surface area (Å²) in [5.41, 5.74) is 0. The average molecular weight is 312 g/mol. The third kappa shape index (κ3) is 3.64. The molecule has 4 nitrogen and oxygen atoms in total. The van der Waals surface area contributed by atoms with Gasteiger partial charge in [-0.1, -0.05) is 37.3 Å². The van der Waals surface area contributed by atoms with Crippen LogP contribution in [-0.2, 0) is 4.79 Å². The van der Waals surface area contributed by atoms with Crippen molar-refractivity contribution in [2.45, 2.75) is 20.0 Å². The van der Waals surface area contributed by atoms with E-state index in [1.54, 1.807) is 0 Å². The number of amides is 1. The second-order valence-corrected chi connectivity index (χ2v) is 6.03. The Morgan fingerprint density at radius 3 is 2.48 bits per heavy atom. The van der Waals surface area contributed by atoms with Crippen LogP contribution in [0.15, 0.2) is 42.5 Å². The highest BCUT2D eigenvalue weighted by molar-refractivity contribution is 5.84. The van der Waals surface area contributed by atoms with Crippen LogP contribution >= 0.6 is 0 Å². The van der Waals surface area contributed by atoms with Crippen LogP contribution in [0.1, 0.15) is 13.8 Å². The van der Waals surface area contributed by atoms with Gasteiger partial charge in [0.15, 0.2) is 6.10 Å². The van der Waals surface area contributed by atoms with E-state index < -0.39 is 6.10 Å². The molecule has 0 bridgehead atoms. The van der Waals surface area contributed by atoms with Gasteiger partial charge in [0.05, 0.1) is 0 Å². The predicted octanol–water partition coefficient (Wildman–Crippen LogP) is 2.77. The standard InChI is InChI=1S/C19H24N2O2/c1-3-20-10-12-21(13-11-20)19(22)15(2)23-18-9-8-16-6-4-5-7-17(16)14-18/h4-9,14-15H,3,10-13H2,1-2H3. The first-order chi connectivity index (χ1) is 11.2. The lowest BCUT2D eigenvalue weighted by atomic mass is 10.1. The number of hydrogen-bond acceptors (Lipinski definition) is 3. The van der Waals surface area contributed by atoms with Crippen LogP contribution in [0, 0.1) is 0 Å². The van der Waals surface area contributed by atoms with Crippen molar-refractivity contribution in [1.82, 2.24) is 9.80 Å². The van der Waals surface area contributed by atoms with Crippen molar-refractivity contribution in [1.29, 1.82) is 0 Å². The monoisotopic (exact) mass is 312 g/mol. The van der Waals surface area contributed by atoms with E-state index in [4.69, 9.17) is 4.74 Å². The molecule has 2 aromatic carbocycles. The molecule has 0 N–H and O–H groups in total. The van der Waals surface area contributed by atoms with Crippen molar-refractivity contribution < 1.29 is 9.53 Å². The summed E-state index contributed by atoms with van der Waals surface area (Å²) in [6.45, 7) is 8.52. The highest BCUT2D eigenvalue weighted by Crippen LogP contribution is 2.21. The number of fused-ring (bicyclic) bond motifs is 1. The van der Waals surface area contributed by atoms with Crippen molar-refractivity contribution in [2.24, 2.45) is 0 Å². The lowest BCUT2D eigenvalue weighted by molar-refractivity contribution is -0.139. The number of ether oxygens (including phenoxy) is 1. The fourth-order valence-electron chi connectivity index (χ4n) is 3.04. The largest absolute Gasteiger partial charge is 0.481 e. The zero-order valence-corrected chi connectivity index (χ0v) is 13.9. The Morgan fingerprint density at radius 2 is 1.78 bits per heavy atom. The Kier molecular flexibility index (Phi) is 4.82. The van der Waals surface area contributed by atoms with E-state index in [0.717, 1.165) is 43.9 Å². The molecular weight excluding hydrogens is 288 g/mol. The summed E-state index contributed by atoms with van der Waals surface area (Å²) >= 11 is 0. The van der Waals surface area contributed by atoms with Gasteiger partial charge < -0.3 is 14.5 Å². The Balaban J connectivity index is 1.63. The zero-order valence-electron chi connectivity index (χ0n) is 13.9. The van der Waals surface area contributed by atoms with Gasteiger partial charge in [-0.3, -0.25) is 4.79 Å². The second kappa shape index (κ2) is 7.01. The van der Waals surface area contributed by atoms with Gasteiger partial charge >= 0.3 is 0 Å². The van der Waals surface area contributed by atoms with Crippen LogP contribution in [0.25, 0.3) is 10.8 Å². The number of likely N-dealkylation sites (N-methyl/N-ethyl adjacent to an activating group) is 1. The topological polar surface area (TPSA) is 32.8 Å². The smallest absolute Gasteiger partial charge is 0.263 e. The van der Waals surface area contributed by atoms with Gasteiger partial charge in [-0.2, -0.15) is 0 Å². The van der Waals surface area contributed by atoms with Gasteiger partial charge in [-0.25, -0.2) is 0 Å². The summed E-state index contributed by atoms with van der Waals surface area (Å²) in [7, 11) is 0. The summed E-state index contributed by atoms with van der Waals surface area (Å²) in [5.74, 6) is 0.825. The number of hydrogen-bond donors (Lipinski definition) is 0. The molecule has 3 rings (SSSR count). The fraction of sp³-hybridized carbons (Fsp3) is 0.421. The van der Waals surface area contributed by atoms with Crippen molar-refractivity contribution in [3.8, 4) is 5.75 Å². The number of carbonyl (C=O) groups is 1. The molecule has 2 aromatic rings. The summed E-state index contributed by atoms with van der Waals surface area (Å²) < 4.78 is 5.89. The number of piperazine rings is 1. The van der Waals surface area contributed by atoms with Gasteiger partial charge in [-0.15, -0.1) is 0 Å². The molecule has 4 heteroatoms.